The summed E-state index contributed by atoms with van der Waals surface area (Å²) in [7, 11) is -4.82. The van der Waals surface area contributed by atoms with Gasteiger partial charge < -0.3 is 0 Å². The maximum atomic E-state index is 10.8. The zero-order valence-electron chi connectivity index (χ0n) is 3.12. The number of rotatable bonds is 1. The third kappa shape index (κ3) is 2.82. The first-order valence-electron chi connectivity index (χ1n) is 1.29. The third-order valence-corrected chi connectivity index (χ3v) is 0.786. The standard InChI is InChI=1S/CH4F2O3P/c2-1(3)7(4,5)6/h1,4-6H/q+1. The molecule has 0 bridgehead atoms. The van der Waals surface area contributed by atoms with Crippen molar-refractivity contribution in [1.29, 1.82) is 0 Å². The van der Waals surface area contributed by atoms with Crippen molar-refractivity contribution in [2.75, 3.05) is 0 Å². The molecular formula is CH4F2O3P+. The molecular weight excluding hydrogens is 129 g/mol. The fourth-order valence-electron chi connectivity index (χ4n) is 0. The molecule has 0 amide bonds. The normalized spacial score (nSPS) is 12.9. The minimum Gasteiger partial charge on any atom is -0.188 e. The van der Waals surface area contributed by atoms with Gasteiger partial charge in [-0.3, -0.25) is 0 Å². The highest BCUT2D eigenvalue weighted by Gasteiger charge is 2.43. The first kappa shape index (κ1) is 7.17. The Hall–Kier alpha value is 0.170. The zero-order chi connectivity index (χ0) is 6.08. The van der Waals surface area contributed by atoms with E-state index in [9.17, 15) is 8.78 Å². The first-order valence-corrected chi connectivity index (χ1v) is 3.01. The molecule has 0 rings (SSSR count). The topological polar surface area (TPSA) is 60.7 Å². The summed E-state index contributed by atoms with van der Waals surface area (Å²) >= 11 is 0. The summed E-state index contributed by atoms with van der Waals surface area (Å²) in [5.41, 5.74) is 0. The number of halogens is 2. The van der Waals surface area contributed by atoms with Crippen LogP contribution in [0.3, 0.4) is 0 Å². The maximum Gasteiger partial charge on any atom is 0.475 e. The predicted octanol–water partition coefficient (Wildman–Crippen LogP) is -0.0515. The molecule has 0 aliphatic heterocycles. The molecule has 3 N–H and O–H groups in total. The summed E-state index contributed by atoms with van der Waals surface area (Å²) in [4.78, 5) is 22.7. The molecule has 0 aliphatic carbocycles. The van der Waals surface area contributed by atoms with E-state index in [-0.39, 0.29) is 0 Å². The van der Waals surface area contributed by atoms with E-state index in [0.29, 0.717) is 0 Å². The second-order valence-electron chi connectivity index (χ2n) is 0.892. The molecule has 3 nitrogen and oxygen atoms in total. The Balaban J connectivity index is 3.54. The van der Waals surface area contributed by atoms with Crippen LogP contribution in [0.5, 0.6) is 0 Å². The van der Waals surface area contributed by atoms with E-state index in [1.807, 2.05) is 0 Å². The van der Waals surface area contributed by atoms with E-state index >= 15 is 0 Å². The summed E-state index contributed by atoms with van der Waals surface area (Å²) in [5.74, 6) is 0. The molecule has 0 aromatic heterocycles. The molecule has 7 heavy (non-hydrogen) atoms. The largest absolute Gasteiger partial charge is 0.475 e. The fraction of sp³-hybridized carbons (Fsp3) is 1.00. The Morgan fingerprint density at radius 3 is 1.29 bits per heavy atom. The molecule has 0 saturated heterocycles. The van der Waals surface area contributed by atoms with E-state index in [4.69, 9.17) is 14.7 Å². The number of hydrogen-bond acceptors (Lipinski definition) is 3. The van der Waals surface area contributed by atoms with E-state index < -0.39 is 14.1 Å². The van der Waals surface area contributed by atoms with Crippen molar-refractivity contribution in [2.45, 2.75) is 6.17 Å². The van der Waals surface area contributed by atoms with Crippen LogP contribution in [0.25, 0.3) is 0 Å². The zero-order valence-corrected chi connectivity index (χ0v) is 4.02. The third-order valence-electron chi connectivity index (χ3n) is 0.262. The highest BCUT2D eigenvalue weighted by atomic mass is 31.2. The van der Waals surface area contributed by atoms with Crippen LogP contribution in [0.1, 0.15) is 0 Å². The van der Waals surface area contributed by atoms with Gasteiger partial charge in [0.15, 0.2) is 0 Å². The SMILES string of the molecule is O[P+](O)(O)C(F)F. The van der Waals surface area contributed by atoms with Gasteiger partial charge in [-0.1, -0.05) is 0 Å². The Labute approximate surface area is 38.8 Å². The Morgan fingerprint density at radius 1 is 1.14 bits per heavy atom. The van der Waals surface area contributed by atoms with Crippen LogP contribution in [0, 0.1) is 0 Å². The number of hydrogen-bond donors (Lipinski definition) is 3. The first-order chi connectivity index (χ1) is 2.94. The van der Waals surface area contributed by atoms with Gasteiger partial charge in [0.05, 0.1) is 0 Å². The van der Waals surface area contributed by atoms with Crippen molar-refractivity contribution in [3.63, 3.8) is 0 Å². The molecule has 0 aromatic rings. The summed E-state index contributed by atoms with van der Waals surface area (Å²) < 4.78 is 21.7. The van der Waals surface area contributed by atoms with E-state index in [1.54, 1.807) is 0 Å². The summed E-state index contributed by atoms with van der Waals surface area (Å²) in [6.45, 7) is 0. The van der Waals surface area contributed by atoms with Gasteiger partial charge in [0.2, 0.25) is 0 Å². The molecule has 0 aromatic carbocycles. The molecule has 0 unspecified atom stereocenters. The van der Waals surface area contributed by atoms with Crippen molar-refractivity contribution >= 4 is 7.94 Å². The van der Waals surface area contributed by atoms with Crippen LogP contribution >= 0.6 is 7.94 Å². The average molecular weight is 133 g/mol. The Bertz CT molecular complexity index is 58.4. The quantitative estimate of drug-likeness (QED) is 0.439. The second kappa shape index (κ2) is 1.96. The van der Waals surface area contributed by atoms with Crippen LogP contribution in [0.2, 0.25) is 0 Å². The molecule has 44 valence electrons. The predicted molar refractivity (Wildman–Crippen MR) is 19.6 cm³/mol. The molecule has 0 radical (unpaired) electrons. The van der Waals surface area contributed by atoms with Gasteiger partial charge >= 0.3 is 14.1 Å². The van der Waals surface area contributed by atoms with Gasteiger partial charge in [0, 0.05) is 0 Å². The lowest BCUT2D eigenvalue weighted by Gasteiger charge is -1.97. The lowest BCUT2D eigenvalue weighted by molar-refractivity contribution is 0.164. The summed E-state index contributed by atoms with van der Waals surface area (Å²) in [6, 6.07) is 0. The highest BCUT2D eigenvalue weighted by molar-refractivity contribution is 7.58. The van der Waals surface area contributed by atoms with Gasteiger partial charge in [-0.25, -0.2) is 0 Å². The minimum absolute atomic E-state index is 3.42. The molecule has 6 heteroatoms. The van der Waals surface area contributed by atoms with E-state index in [2.05, 4.69) is 0 Å². The lowest BCUT2D eigenvalue weighted by atomic mass is 11.7. The summed E-state index contributed by atoms with van der Waals surface area (Å²) in [6.07, 6.45) is -3.42. The van der Waals surface area contributed by atoms with Crippen LogP contribution in [0.15, 0.2) is 0 Å². The van der Waals surface area contributed by atoms with Crippen LogP contribution in [-0.2, 0) is 0 Å². The van der Waals surface area contributed by atoms with Gasteiger partial charge in [-0.15, -0.1) is 0 Å². The van der Waals surface area contributed by atoms with Crippen molar-refractivity contribution < 1.29 is 23.5 Å². The van der Waals surface area contributed by atoms with Crippen molar-refractivity contribution in [1.82, 2.24) is 0 Å². The van der Waals surface area contributed by atoms with Gasteiger partial charge in [0.1, 0.15) is 0 Å². The van der Waals surface area contributed by atoms with Gasteiger partial charge in [0.25, 0.3) is 0 Å². The fourth-order valence-corrected chi connectivity index (χ4v) is 0. The van der Waals surface area contributed by atoms with Crippen LogP contribution < -0.4 is 0 Å². The monoisotopic (exact) mass is 133 g/mol. The molecule has 0 atom stereocenters. The van der Waals surface area contributed by atoms with E-state index in [0.717, 1.165) is 0 Å². The van der Waals surface area contributed by atoms with Crippen LogP contribution in [-0.4, -0.2) is 20.8 Å². The Kier molecular flexibility index (Phi) is 2.01. The Morgan fingerprint density at radius 2 is 1.29 bits per heavy atom. The molecule has 0 saturated carbocycles. The molecule has 0 aliphatic rings. The van der Waals surface area contributed by atoms with Crippen molar-refractivity contribution in [2.24, 2.45) is 0 Å². The average Bonchev–Trinajstić information content (AvgIpc) is 1.31. The molecule has 0 fully saturated rings. The molecule has 0 spiro atoms. The van der Waals surface area contributed by atoms with E-state index in [1.165, 1.54) is 0 Å². The van der Waals surface area contributed by atoms with Crippen molar-refractivity contribution in [3.8, 4) is 0 Å². The summed E-state index contributed by atoms with van der Waals surface area (Å²) in [5, 5.41) is 0. The lowest BCUT2D eigenvalue weighted by Crippen LogP contribution is -1.98. The van der Waals surface area contributed by atoms with Crippen LogP contribution in [0.4, 0.5) is 8.78 Å². The maximum absolute atomic E-state index is 10.8. The smallest absolute Gasteiger partial charge is 0.188 e. The van der Waals surface area contributed by atoms with Gasteiger partial charge in [-0.05, 0) is 0 Å². The molecule has 0 heterocycles. The minimum atomic E-state index is -4.82. The van der Waals surface area contributed by atoms with Gasteiger partial charge in [-0.2, -0.15) is 23.5 Å². The highest BCUT2D eigenvalue weighted by Crippen LogP contribution is 2.51. The van der Waals surface area contributed by atoms with Crippen molar-refractivity contribution in [3.05, 3.63) is 0 Å². The second-order valence-corrected chi connectivity index (χ2v) is 2.51. The number of alkyl halides is 2.